The molecule has 3 amide bonds. The maximum absolute atomic E-state index is 12.5. The molecule has 0 aliphatic heterocycles. The van der Waals surface area contributed by atoms with Crippen LogP contribution in [-0.2, 0) is 16.6 Å². The first-order valence-electron chi connectivity index (χ1n) is 9.84. The molecule has 1 aromatic heterocycles. The van der Waals surface area contributed by atoms with E-state index < -0.39 is 5.91 Å². The highest BCUT2D eigenvalue weighted by atomic mass is 32.2. The SMILES string of the molecule is Cc1cccc(C)c1NC(=O)CNC(=O)c1cccc(NC(=O)CSc2nncn2C)c1. The lowest BCUT2D eigenvalue weighted by Gasteiger charge is -2.12. The van der Waals surface area contributed by atoms with Crippen LogP contribution in [0.4, 0.5) is 11.4 Å². The fourth-order valence-electron chi connectivity index (χ4n) is 2.93. The third kappa shape index (κ3) is 6.17. The maximum Gasteiger partial charge on any atom is 0.251 e. The summed E-state index contributed by atoms with van der Waals surface area (Å²) in [6.07, 6.45) is 1.56. The number of anilines is 2. The Morgan fingerprint density at radius 1 is 1.00 bits per heavy atom. The van der Waals surface area contributed by atoms with Crippen LogP contribution in [0.15, 0.2) is 53.9 Å². The molecule has 32 heavy (non-hydrogen) atoms. The number of thioether (sulfide) groups is 1. The summed E-state index contributed by atoms with van der Waals surface area (Å²) in [5.74, 6) is -0.808. The largest absolute Gasteiger partial charge is 0.343 e. The Morgan fingerprint density at radius 2 is 1.72 bits per heavy atom. The van der Waals surface area contributed by atoms with Crippen molar-refractivity contribution in [3.63, 3.8) is 0 Å². The monoisotopic (exact) mass is 452 g/mol. The number of benzene rings is 2. The Kier molecular flexibility index (Phi) is 7.61. The van der Waals surface area contributed by atoms with Gasteiger partial charge in [0.15, 0.2) is 5.16 Å². The van der Waals surface area contributed by atoms with Crippen molar-refractivity contribution in [2.75, 3.05) is 22.9 Å². The van der Waals surface area contributed by atoms with Crippen LogP contribution in [0.5, 0.6) is 0 Å². The average Bonchev–Trinajstić information content (AvgIpc) is 3.18. The van der Waals surface area contributed by atoms with Crippen LogP contribution in [0.2, 0.25) is 0 Å². The quantitative estimate of drug-likeness (QED) is 0.452. The van der Waals surface area contributed by atoms with Gasteiger partial charge < -0.3 is 20.5 Å². The van der Waals surface area contributed by atoms with E-state index in [-0.39, 0.29) is 24.1 Å². The van der Waals surface area contributed by atoms with Crippen LogP contribution in [0.1, 0.15) is 21.5 Å². The van der Waals surface area contributed by atoms with Gasteiger partial charge in [0.05, 0.1) is 12.3 Å². The second-order valence-corrected chi connectivity index (χ2v) is 8.08. The molecule has 0 bridgehead atoms. The van der Waals surface area contributed by atoms with Crippen LogP contribution in [0, 0.1) is 13.8 Å². The number of aryl methyl sites for hydroxylation is 3. The Labute approximate surface area is 190 Å². The van der Waals surface area contributed by atoms with Crippen molar-refractivity contribution < 1.29 is 14.4 Å². The summed E-state index contributed by atoms with van der Waals surface area (Å²) in [6.45, 7) is 3.65. The second kappa shape index (κ2) is 10.6. The zero-order valence-electron chi connectivity index (χ0n) is 18.0. The number of nitrogens with one attached hydrogen (secondary N) is 3. The summed E-state index contributed by atoms with van der Waals surface area (Å²) < 4.78 is 1.72. The average molecular weight is 453 g/mol. The fourth-order valence-corrected chi connectivity index (χ4v) is 3.61. The molecule has 9 nitrogen and oxygen atoms in total. The van der Waals surface area contributed by atoms with Gasteiger partial charge >= 0.3 is 0 Å². The van der Waals surface area contributed by atoms with E-state index in [4.69, 9.17) is 0 Å². The molecule has 3 rings (SSSR count). The van der Waals surface area contributed by atoms with E-state index in [1.165, 1.54) is 11.8 Å². The van der Waals surface area contributed by atoms with E-state index in [0.29, 0.717) is 16.4 Å². The first kappa shape index (κ1) is 23.0. The van der Waals surface area contributed by atoms with Crippen LogP contribution in [0.3, 0.4) is 0 Å². The molecule has 10 heteroatoms. The van der Waals surface area contributed by atoms with Gasteiger partial charge in [-0.1, -0.05) is 36.0 Å². The predicted octanol–water partition coefficient (Wildman–Crippen LogP) is 2.53. The number of aromatic nitrogens is 3. The van der Waals surface area contributed by atoms with E-state index in [9.17, 15) is 14.4 Å². The maximum atomic E-state index is 12.5. The van der Waals surface area contributed by atoms with Crippen LogP contribution >= 0.6 is 11.8 Å². The van der Waals surface area contributed by atoms with Gasteiger partial charge in [0.25, 0.3) is 5.91 Å². The van der Waals surface area contributed by atoms with Gasteiger partial charge in [0.2, 0.25) is 11.8 Å². The number of para-hydroxylation sites is 1. The van der Waals surface area contributed by atoms with Crippen molar-refractivity contribution in [2.45, 2.75) is 19.0 Å². The number of nitrogens with zero attached hydrogens (tertiary/aromatic N) is 3. The molecule has 0 aliphatic carbocycles. The van der Waals surface area contributed by atoms with E-state index >= 15 is 0 Å². The number of carbonyl (C=O) groups excluding carboxylic acids is 3. The first-order chi connectivity index (χ1) is 15.3. The van der Waals surface area contributed by atoms with Crippen molar-refractivity contribution in [1.82, 2.24) is 20.1 Å². The van der Waals surface area contributed by atoms with E-state index in [1.54, 1.807) is 42.2 Å². The Hall–Kier alpha value is -3.66. The Bertz CT molecular complexity index is 1120. The fraction of sp³-hybridized carbons (Fsp3) is 0.227. The normalized spacial score (nSPS) is 10.5. The van der Waals surface area contributed by atoms with Gasteiger partial charge in [-0.3, -0.25) is 14.4 Å². The molecular formula is C22H24N6O3S. The van der Waals surface area contributed by atoms with Crippen LogP contribution in [-0.4, -0.2) is 44.8 Å². The van der Waals surface area contributed by atoms with Gasteiger partial charge in [-0.05, 0) is 43.2 Å². The molecule has 0 atom stereocenters. The first-order valence-corrected chi connectivity index (χ1v) is 10.8. The highest BCUT2D eigenvalue weighted by molar-refractivity contribution is 7.99. The molecule has 0 fully saturated rings. The van der Waals surface area contributed by atoms with Crippen molar-refractivity contribution in [1.29, 1.82) is 0 Å². The van der Waals surface area contributed by atoms with Crippen molar-refractivity contribution in [2.24, 2.45) is 7.05 Å². The molecule has 166 valence electrons. The van der Waals surface area contributed by atoms with Gasteiger partial charge in [-0.15, -0.1) is 10.2 Å². The van der Waals surface area contributed by atoms with Gasteiger partial charge in [-0.25, -0.2) is 0 Å². The molecule has 3 N–H and O–H groups in total. The number of carbonyl (C=O) groups is 3. The molecule has 0 saturated heterocycles. The zero-order chi connectivity index (χ0) is 23.1. The molecule has 0 saturated carbocycles. The lowest BCUT2D eigenvalue weighted by Crippen LogP contribution is -2.33. The van der Waals surface area contributed by atoms with Crippen molar-refractivity contribution in [3.8, 4) is 0 Å². The summed E-state index contributed by atoms with van der Waals surface area (Å²) >= 11 is 1.26. The third-order valence-electron chi connectivity index (χ3n) is 4.57. The summed E-state index contributed by atoms with van der Waals surface area (Å²) in [4.78, 5) is 36.9. The smallest absolute Gasteiger partial charge is 0.251 e. The lowest BCUT2D eigenvalue weighted by molar-refractivity contribution is -0.115. The van der Waals surface area contributed by atoms with Crippen molar-refractivity contribution >= 4 is 40.9 Å². The summed E-state index contributed by atoms with van der Waals surface area (Å²) in [7, 11) is 1.80. The molecule has 0 aliphatic rings. The molecule has 1 heterocycles. The topological polar surface area (TPSA) is 118 Å². The summed E-state index contributed by atoms with van der Waals surface area (Å²) in [5.41, 5.74) is 3.47. The van der Waals surface area contributed by atoms with Gasteiger partial charge in [0, 0.05) is 24.0 Å². The molecule has 0 unspecified atom stereocenters. The van der Waals surface area contributed by atoms with E-state index in [0.717, 1.165) is 16.8 Å². The van der Waals surface area contributed by atoms with Gasteiger partial charge in [0.1, 0.15) is 6.33 Å². The molecule has 0 spiro atoms. The van der Waals surface area contributed by atoms with Crippen molar-refractivity contribution in [3.05, 3.63) is 65.5 Å². The predicted molar refractivity (Wildman–Crippen MR) is 124 cm³/mol. The minimum atomic E-state index is -0.411. The Balaban J connectivity index is 1.51. The highest BCUT2D eigenvalue weighted by Gasteiger charge is 2.12. The third-order valence-corrected chi connectivity index (χ3v) is 5.60. The Morgan fingerprint density at radius 3 is 2.41 bits per heavy atom. The minimum absolute atomic E-state index is 0.154. The standard InChI is InChI=1S/C22H24N6O3S/c1-14-6-4-7-15(2)20(14)26-18(29)11-23-21(31)16-8-5-9-17(10-16)25-19(30)12-32-22-27-24-13-28(22)3/h4-10,13H,11-12H2,1-3H3,(H,23,31)(H,25,30)(H,26,29). The van der Waals surface area contributed by atoms with Gasteiger partial charge in [-0.2, -0.15) is 0 Å². The van der Waals surface area contributed by atoms with E-state index in [2.05, 4.69) is 26.1 Å². The molecule has 3 aromatic rings. The minimum Gasteiger partial charge on any atom is -0.343 e. The number of rotatable bonds is 8. The summed E-state index contributed by atoms with van der Waals surface area (Å²) in [5, 5.41) is 16.5. The van der Waals surface area contributed by atoms with Crippen LogP contribution in [0.25, 0.3) is 0 Å². The molecule has 0 radical (unpaired) electrons. The summed E-state index contributed by atoms with van der Waals surface area (Å²) in [6, 6.07) is 12.3. The number of hydrogen-bond acceptors (Lipinski definition) is 6. The second-order valence-electron chi connectivity index (χ2n) is 7.14. The lowest BCUT2D eigenvalue weighted by atomic mass is 10.1. The number of hydrogen-bond donors (Lipinski definition) is 3. The zero-order valence-corrected chi connectivity index (χ0v) is 18.8. The number of amides is 3. The highest BCUT2D eigenvalue weighted by Crippen LogP contribution is 2.19. The van der Waals surface area contributed by atoms with E-state index in [1.807, 2.05) is 32.0 Å². The molecular weight excluding hydrogens is 428 g/mol. The molecule has 2 aromatic carbocycles. The van der Waals surface area contributed by atoms with Crippen LogP contribution < -0.4 is 16.0 Å².